The summed E-state index contributed by atoms with van der Waals surface area (Å²) in [4.78, 5) is 4.05. The molecular formula is C12H21N5S. The molecule has 0 radical (unpaired) electrons. The van der Waals surface area contributed by atoms with Crippen LogP contribution >= 0.6 is 11.8 Å². The van der Waals surface area contributed by atoms with Crippen molar-refractivity contribution in [2.45, 2.75) is 56.8 Å². The average Bonchev–Trinajstić information content (AvgIpc) is 2.85. The van der Waals surface area contributed by atoms with Crippen molar-refractivity contribution in [3.8, 4) is 6.07 Å². The van der Waals surface area contributed by atoms with Gasteiger partial charge in [0.2, 0.25) is 0 Å². The second kappa shape index (κ2) is 7.39. The quantitative estimate of drug-likeness (QED) is 0.558. The van der Waals surface area contributed by atoms with E-state index in [4.69, 9.17) is 0 Å². The maximum atomic E-state index is 9.36. The van der Waals surface area contributed by atoms with Crippen molar-refractivity contribution in [2.24, 2.45) is 0 Å². The molecule has 0 amide bonds. The summed E-state index contributed by atoms with van der Waals surface area (Å²) in [7, 11) is 0. The lowest BCUT2D eigenvalue weighted by Gasteiger charge is -2.29. The number of nitrogens with zero attached hydrogens (tertiary/aromatic N) is 3. The van der Waals surface area contributed by atoms with Gasteiger partial charge in [0.15, 0.2) is 5.16 Å². The van der Waals surface area contributed by atoms with Gasteiger partial charge < -0.3 is 0 Å². The molecule has 1 aromatic heterocycles. The van der Waals surface area contributed by atoms with Crippen LogP contribution in [0.5, 0.6) is 0 Å². The van der Waals surface area contributed by atoms with Gasteiger partial charge in [0.1, 0.15) is 11.9 Å². The third kappa shape index (κ3) is 4.67. The fourth-order valence-corrected chi connectivity index (χ4v) is 2.60. The second-order valence-electron chi connectivity index (χ2n) is 4.59. The van der Waals surface area contributed by atoms with E-state index in [0.29, 0.717) is 6.04 Å². The molecule has 0 fully saturated rings. The fraction of sp³-hybridized carbons (Fsp3) is 0.750. The molecule has 0 spiro atoms. The summed E-state index contributed by atoms with van der Waals surface area (Å²) in [6.07, 6.45) is 4.18. The second-order valence-corrected chi connectivity index (χ2v) is 5.67. The van der Waals surface area contributed by atoms with Gasteiger partial charge in [-0.25, -0.2) is 4.98 Å². The Morgan fingerprint density at radius 2 is 2.39 bits per heavy atom. The van der Waals surface area contributed by atoms with Gasteiger partial charge >= 0.3 is 0 Å². The van der Waals surface area contributed by atoms with Crippen molar-refractivity contribution < 1.29 is 0 Å². The molecule has 0 bridgehead atoms. The zero-order chi connectivity index (χ0) is 13.4. The number of aromatic amines is 1. The summed E-state index contributed by atoms with van der Waals surface area (Å²) in [5.74, 6) is 0.943. The van der Waals surface area contributed by atoms with E-state index in [1.165, 1.54) is 6.33 Å². The van der Waals surface area contributed by atoms with Gasteiger partial charge in [-0.3, -0.25) is 10.4 Å². The van der Waals surface area contributed by atoms with Gasteiger partial charge in [-0.1, -0.05) is 18.7 Å². The molecule has 0 aliphatic rings. The molecule has 1 heterocycles. The fourth-order valence-electron chi connectivity index (χ4n) is 1.88. The SMILES string of the molecule is CCC(C#N)(CCCSc1ncn[nH]1)NC(C)C. The number of nitriles is 1. The van der Waals surface area contributed by atoms with E-state index in [0.717, 1.165) is 30.2 Å². The van der Waals surface area contributed by atoms with Crippen LogP contribution in [0.2, 0.25) is 0 Å². The Morgan fingerprint density at radius 1 is 1.61 bits per heavy atom. The first-order valence-corrected chi connectivity index (χ1v) is 7.27. The van der Waals surface area contributed by atoms with Crippen molar-refractivity contribution in [3.63, 3.8) is 0 Å². The number of rotatable bonds is 8. The molecule has 2 N–H and O–H groups in total. The summed E-state index contributed by atoms with van der Waals surface area (Å²) in [6, 6.07) is 2.76. The van der Waals surface area contributed by atoms with Gasteiger partial charge in [0.05, 0.1) is 6.07 Å². The molecule has 0 aliphatic heterocycles. The van der Waals surface area contributed by atoms with Crippen LogP contribution in [0.25, 0.3) is 0 Å². The highest BCUT2D eigenvalue weighted by atomic mass is 32.2. The lowest BCUT2D eigenvalue weighted by atomic mass is 9.91. The third-order valence-corrected chi connectivity index (χ3v) is 3.73. The van der Waals surface area contributed by atoms with Gasteiger partial charge in [-0.05, 0) is 33.1 Å². The van der Waals surface area contributed by atoms with Crippen molar-refractivity contribution in [1.82, 2.24) is 20.5 Å². The standard InChI is InChI=1S/C12H21N5S/c1-4-12(8-13,16-10(2)3)6-5-7-18-11-14-9-15-17-11/h9-10,16H,4-7H2,1-3H3,(H,14,15,17). The molecule has 5 nitrogen and oxygen atoms in total. The smallest absolute Gasteiger partial charge is 0.183 e. The molecular weight excluding hydrogens is 246 g/mol. The average molecular weight is 267 g/mol. The molecule has 1 rings (SSSR count). The van der Waals surface area contributed by atoms with Crippen LogP contribution in [0.1, 0.15) is 40.0 Å². The zero-order valence-corrected chi connectivity index (χ0v) is 12.0. The molecule has 0 aromatic carbocycles. The van der Waals surface area contributed by atoms with E-state index < -0.39 is 5.54 Å². The minimum absolute atomic E-state index is 0.325. The Bertz CT molecular complexity index is 370. The molecule has 0 saturated heterocycles. The first-order valence-electron chi connectivity index (χ1n) is 6.29. The van der Waals surface area contributed by atoms with Crippen LogP contribution in [0.15, 0.2) is 11.5 Å². The monoisotopic (exact) mass is 267 g/mol. The van der Waals surface area contributed by atoms with Crippen molar-refractivity contribution >= 4 is 11.8 Å². The summed E-state index contributed by atoms with van der Waals surface area (Å²) in [5.41, 5.74) is -0.393. The first-order chi connectivity index (χ1) is 8.62. The summed E-state index contributed by atoms with van der Waals surface area (Å²) >= 11 is 1.64. The van der Waals surface area contributed by atoms with Gasteiger partial charge in [0.25, 0.3) is 0 Å². The van der Waals surface area contributed by atoms with Crippen LogP contribution in [0, 0.1) is 11.3 Å². The molecule has 0 saturated carbocycles. The van der Waals surface area contributed by atoms with Crippen LogP contribution < -0.4 is 5.32 Å². The predicted molar refractivity (Wildman–Crippen MR) is 73.2 cm³/mol. The summed E-state index contributed by atoms with van der Waals surface area (Å²) in [5, 5.41) is 20.2. The lowest BCUT2D eigenvalue weighted by molar-refractivity contribution is 0.341. The van der Waals surface area contributed by atoms with Crippen LogP contribution in [0.4, 0.5) is 0 Å². The molecule has 1 aromatic rings. The van der Waals surface area contributed by atoms with Crippen LogP contribution in [0.3, 0.4) is 0 Å². The number of hydrogen-bond acceptors (Lipinski definition) is 5. The molecule has 1 unspecified atom stereocenters. The number of aromatic nitrogens is 3. The third-order valence-electron chi connectivity index (χ3n) is 2.76. The predicted octanol–water partition coefficient (Wildman–Crippen LogP) is 2.35. The largest absolute Gasteiger partial charge is 0.297 e. The highest BCUT2D eigenvalue weighted by Gasteiger charge is 2.27. The molecule has 18 heavy (non-hydrogen) atoms. The van der Waals surface area contributed by atoms with E-state index in [9.17, 15) is 5.26 Å². The van der Waals surface area contributed by atoms with E-state index in [-0.39, 0.29) is 0 Å². The Hall–Kier alpha value is -1.06. The van der Waals surface area contributed by atoms with E-state index in [1.54, 1.807) is 11.8 Å². The molecule has 100 valence electrons. The van der Waals surface area contributed by atoms with Gasteiger partial charge in [0, 0.05) is 11.8 Å². The first kappa shape index (κ1) is 15.0. The number of H-pyrrole nitrogens is 1. The topological polar surface area (TPSA) is 77.4 Å². The molecule has 6 heteroatoms. The minimum atomic E-state index is -0.393. The Kier molecular flexibility index (Phi) is 6.16. The lowest BCUT2D eigenvalue weighted by Crippen LogP contribution is -2.47. The van der Waals surface area contributed by atoms with Crippen molar-refractivity contribution in [1.29, 1.82) is 5.26 Å². The van der Waals surface area contributed by atoms with Crippen LogP contribution in [-0.2, 0) is 0 Å². The van der Waals surface area contributed by atoms with E-state index in [1.807, 2.05) is 0 Å². The van der Waals surface area contributed by atoms with Crippen molar-refractivity contribution in [3.05, 3.63) is 6.33 Å². The van der Waals surface area contributed by atoms with Crippen molar-refractivity contribution in [2.75, 3.05) is 5.75 Å². The highest BCUT2D eigenvalue weighted by molar-refractivity contribution is 7.99. The number of hydrogen-bond donors (Lipinski definition) is 2. The highest BCUT2D eigenvalue weighted by Crippen LogP contribution is 2.21. The Labute approximate surface area is 113 Å². The summed E-state index contributed by atoms with van der Waals surface area (Å²) < 4.78 is 0. The molecule has 0 aliphatic carbocycles. The Morgan fingerprint density at radius 3 is 2.89 bits per heavy atom. The van der Waals surface area contributed by atoms with E-state index >= 15 is 0 Å². The van der Waals surface area contributed by atoms with Gasteiger partial charge in [-0.2, -0.15) is 10.4 Å². The maximum absolute atomic E-state index is 9.36. The van der Waals surface area contributed by atoms with E-state index in [2.05, 4.69) is 47.3 Å². The normalized spacial score (nSPS) is 14.4. The van der Waals surface area contributed by atoms with Crippen LogP contribution in [-0.4, -0.2) is 32.5 Å². The number of thioether (sulfide) groups is 1. The Balaban J connectivity index is 2.36. The van der Waals surface area contributed by atoms with Gasteiger partial charge in [-0.15, -0.1) is 0 Å². The zero-order valence-electron chi connectivity index (χ0n) is 11.2. The maximum Gasteiger partial charge on any atom is 0.183 e. The summed E-state index contributed by atoms with van der Waals surface area (Å²) in [6.45, 7) is 6.21. The molecule has 1 atom stereocenters. The minimum Gasteiger partial charge on any atom is -0.297 e. The number of nitrogens with one attached hydrogen (secondary N) is 2.